The molecule has 0 radical (unpaired) electrons. The highest BCUT2D eigenvalue weighted by Crippen LogP contribution is 2.04. The molecule has 0 saturated carbocycles. The molecule has 0 N–H and O–H groups in total. The second kappa shape index (κ2) is 3.18. The van der Waals surface area contributed by atoms with Gasteiger partial charge in [0.1, 0.15) is 5.82 Å². The number of imidazole rings is 1. The molecule has 13 heavy (non-hydrogen) atoms. The Morgan fingerprint density at radius 1 is 1.23 bits per heavy atom. The first-order valence-electron chi connectivity index (χ1n) is 3.82. The molecule has 0 atom stereocenters. The predicted octanol–water partition coefficient (Wildman–Crippen LogP) is 1.08. The van der Waals surface area contributed by atoms with Gasteiger partial charge in [-0.25, -0.2) is 9.97 Å². The van der Waals surface area contributed by atoms with Crippen LogP contribution in [-0.4, -0.2) is 20.8 Å². The highest BCUT2D eigenvalue weighted by molar-refractivity contribution is 5.70. The van der Waals surface area contributed by atoms with Gasteiger partial charge in [0.15, 0.2) is 12.1 Å². The van der Waals surface area contributed by atoms with E-state index in [2.05, 4.69) is 9.97 Å². The number of nitrogens with zero attached hydrogens (tertiary/aromatic N) is 3. The summed E-state index contributed by atoms with van der Waals surface area (Å²) in [5, 5.41) is 0. The zero-order chi connectivity index (χ0) is 9.10. The molecule has 0 fully saturated rings. The summed E-state index contributed by atoms with van der Waals surface area (Å²) < 4.78 is 1.63. The quantitative estimate of drug-likeness (QED) is 0.638. The molecule has 0 amide bonds. The first kappa shape index (κ1) is 7.67. The van der Waals surface area contributed by atoms with Crippen LogP contribution in [0.1, 0.15) is 10.6 Å². The van der Waals surface area contributed by atoms with E-state index < -0.39 is 0 Å². The van der Waals surface area contributed by atoms with Crippen molar-refractivity contribution in [3.05, 3.63) is 42.6 Å². The molecule has 0 aromatic carbocycles. The Kier molecular flexibility index (Phi) is 1.88. The van der Waals surface area contributed by atoms with Gasteiger partial charge in [-0.2, -0.15) is 0 Å². The lowest BCUT2D eigenvalue weighted by Gasteiger charge is -2.00. The summed E-state index contributed by atoms with van der Waals surface area (Å²) in [5.41, 5.74) is 0. The summed E-state index contributed by atoms with van der Waals surface area (Å²) in [4.78, 5) is 18.5. The van der Waals surface area contributed by atoms with Crippen LogP contribution in [0.2, 0.25) is 0 Å². The number of aldehydes is 1. The molecule has 0 spiro atoms. The fraction of sp³-hybridized carbons (Fsp3) is 0. The molecule has 0 aliphatic rings. The normalized spacial score (nSPS) is 9.85. The number of hydrogen-bond acceptors (Lipinski definition) is 3. The molecular formula is C9H7N3O. The van der Waals surface area contributed by atoms with Crippen molar-refractivity contribution in [2.75, 3.05) is 0 Å². The van der Waals surface area contributed by atoms with E-state index in [1.807, 2.05) is 18.2 Å². The van der Waals surface area contributed by atoms with Crippen LogP contribution in [0.25, 0.3) is 5.82 Å². The molecule has 0 unspecified atom stereocenters. The smallest absolute Gasteiger partial charge is 0.185 e. The Labute approximate surface area is 74.9 Å². The number of pyridine rings is 1. The molecule has 0 saturated heterocycles. The average Bonchev–Trinajstić information content (AvgIpc) is 2.67. The van der Waals surface area contributed by atoms with Crippen LogP contribution >= 0.6 is 0 Å². The summed E-state index contributed by atoms with van der Waals surface area (Å²) >= 11 is 0. The zero-order valence-corrected chi connectivity index (χ0v) is 6.79. The Morgan fingerprint density at radius 3 is 2.85 bits per heavy atom. The zero-order valence-electron chi connectivity index (χ0n) is 6.79. The molecule has 2 aromatic heterocycles. The van der Waals surface area contributed by atoms with Crippen molar-refractivity contribution in [3.8, 4) is 5.82 Å². The molecule has 0 bridgehead atoms. The Hall–Kier alpha value is -1.97. The third-order valence-electron chi connectivity index (χ3n) is 1.67. The number of carbonyl (C=O) groups excluding carboxylic acids is 1. The van der Waals surface area contributed by atoms with E-state index >= 15 is 0 Å². The molecule has 0 aliphatic heterocycles. The molecule has 2 rings (SSSR count). The van der Waals surface area contributed by atoms with Crippen molar-refractivity contribution < 1.29 is 4.79 Å². The number of carbonyl (C=O) groups is 1. The molecule has 0 aliphatic carbocycles. The van der Waals surface area contributed by atoms with Gasteiger partial charge in [0.2, 0.25) is 0 Å². The third kappa shape index (κ3) is 1.33. The lowest BCUT2D eigenvalue weighted by atomic mass is 10.4. The van der Waals surface area contributed by atoms with Crippen molar-refractivity contribution in [1.82, 2.24) is 14.5 Å². The monoisotopic (exact) mass is 173 g/mol. The number of hydrogen-bond donors (Lipinski definition) is 0. The Morgan fingerprint density at radius 2 is 2.15 bits per heavy atom. The van der Waals surface area contributed by atoms with Gasteiger partial charge in [-0.05, 0) is 12.1 Å². The first-order chi connectivity index (χ1) is 6.42. The maximum absolute atomic E-state index is 10.6. The minimum absolute atomic E-state index is 0.360. The highest BCUT2D eigenvalue weighted by atomic mass is 16.1. The van der Waals surface area contributed by atoms with E-state index in [4.69, 9.17) is 0 Å². The highest BCUT2D eigenvalue weighted by Gasteiger charge is 2.02. The van der Waals surface area contributed by atoms with Crippen molar-refractivity contribution >= 4 is 6.29 Å². The van der Waals surface area contributed by atoms with Crippen LogP contribution in [0, 0.1) is 0 Å². The van der Waals surface area contributed by atoms with Crippen LogP contribution in [-0.2, 0) is 0 Å². The van der Waals surface area contributed by atoms with E-state index in [0.29, 0.717) is 17.9 Å². The van der Waals surface area contributed by atoms with E-state index in [-0.39, 0.29) is 0 Å². The van der Waals surface area contributed by atoms with Crippen LogP contribution in [0.4, 0.5) is 0 Å². The van der Waals surface area contributed by atoms with Gasteiger partial charge in [0.05, 0.1) is 0 Å². The van der Waals surface area contributed by atoms with Crippen LogP contribution in [0.15, 0.2) is 36.8 Å². The second-order valence-corrected chi connectivity index (χ2v) is 2.46. The van der Waals surface area contributed by atoms with Gasteiger partial charge in [-0.3, -0.25) is 9.36 Å². The first-order valence-corrected chi connectivity index (χ1v) is 3.82. The number of rotatable bonds is 2. The van der Waals surface area contributed by atoms with Crippen LogP contribution in [0.3, 0.4) is 0 Å². The molecule has 4 nitrogen and oxygen atoms in total. The van der Waals surface area contributed by atoms with Gasteiger partial charge >= 0.3 is 0 Å². The summed E-state index contributed by atoms with van der Waals surface area (Å²) in [6, 6.07) is 5.49. The van der Waals surface area contributed by atoms with Crippen LogP contribution < -0.4 is 0 Å². The second-order valence-electron chi connectivity index (χ2n) is 2.46. The molecule has 2 aromatic rings. The standard InChI is InChI=1S/C9H7N3O/c13-7-9-11-5-6-12(9)8-3-1-2-4-10-8/h1-7H. The molecular weight excluding hydrogens is 166 g/mol. The topological polar surface area (TPSA) is 47.8 Å². The van der Waals surface area contributed by atoms with Gasteiger partial charge in [-0.1, -0.05) is 6.07 Å². The SMILES string of the molecule is O=Cc1nccn1-c1ccccn1. The van der Waals surface area contributed by atoms with E-state index in [1.165, 1.54) is 0 Å². The van der Waals surface area contributed by atoms with Crippen molar-refractivity contribution in [3.63, 3.8) is 0 Å². The maximum Gasteiger partial charge on any atom is 0.185 e. The predicted molar refractivity (Wildman–Crippen MR) is 46.7 cm³/mol. The molecule has 64 valence electrons. The molecule has 2 heterocycles. The lowest BCUT2D eigenvalue weighted by Crippen LogP contribution is -2.00. The lowest BCUT2D eigenvalue weighted by molar-refractivity contribution is 0.111. The summed E-state index contributed by atoms with van der Waals surface area (Å²) in [6.07, 6.45) is 5.64. The van der Waals surface area contributed by atoms with Crippen molar-refractivity contribution in [2.24, 2.45) is 0 Å². The minimum atomic E-state index is 0.360. The minimum Gasteiger partial charge on any atom is -0.294 e. The fourth-order valence-electron chi connectivity index (χ4n) is 1.09. The average molecular weight is 173 g/mol. The summed E-state index contributed by atoms with van der Waals surface area (Å²) in [5.74, 6) is 1.06. The van der Waals surface area contributed by atoms with Crippen molar-refractivity contribution in [1.29, 1.82) is 0 Å². The van der Waals surface area contributed by atoms with Gasteiger partial charge in [-0.15, -0.1) is 0 Å². The third-order valence-corrected chi connectivity index (χ3v) is 1.67. The fourth-order valence-corrected chi connectivity index (χ4v) is 1.09. The maximum atomic E-state index is 10.6. The van der Waals surface area contributed by atoms with Crippen molar-refractivity contribution in [2.45, 2.75) is 0 Å². The largest absolute Gasteiger partial charge is 0.294 e. The Balaban J connectivity index is 2.52. The van der Waals surface area contributed by atoms with Gasteiger partial charge in [0.25, 0.3) is 0 Å². The Bertz CT molecular complexity index is 408. The van der Waals surface area contributed by atoms with Gasteiger partial charge in [0, 0.05) is 18.6 Å². The van der Waals surface area contributed by atoms with E-state index in [9.17, 15) is 4.79 Å². The van der Waals surface area contributed by atoms with Gasteiger partial charge < -0.3 is 0 Å². The van der Waals surface area contributed by atoms with Crippen LogP contribution in [0.5, 0.6) is 0 Å². The van der Waals surface area contributed by atoms with E-state index in [1.54, 1.807) is 23.2 Å². The summed E-state index contributed by atoms with van der Waals surface area (Å²) in [6.45, 7) is 0. The number of aromatic nitrogens is 3. The molecule has 4 heteroatoms. The summed E-state index contributed by atoms with van der Waals surface area (Å²) in [7, 11) is 0. The van der Waals surface area contributed by atoms with E-state index in [0.717, 1.165) is 0 Å².